The number of nitrogens with zero attached hydrogens (tertiary/aromatic N) is 4. The van der Waals surface area contributed by atoms with Crippen LogP contribution in [0.15, 0.2) is 6.33 Å². The number of aliphatic hydroxyl groups is 1. The largest absolute Gasteiger partial charge is 0.476 e. The van der Waals surface area contributed by atoms with Crippen molar-refractivity contribution in [3.8, 4) is 5.88 Å². The third-order valence-electron chi connectivity index (χ3n) is 6.78. The first-order chi connectivity index (χ1) is 20.7. The molecular weight excluding hydrogens is 626 g/mol. The van der Waals surface area contributed by atoms with Crippen molar-refractivity contribution in [1.29, 1.82) is 0 Å². The number of amides is 3. The second-order valence-corrected chi connectivity index (χ2v) is 14.7. The first-order valence-electron chi connectivity index (χ1n) is 13.8. The van der Waals surface area contributed by atoms with Gasteiger partial charge in [0.1, 0.15) is 24.3 Å². The number of halogens is 1. The number of hydrogen-bond donors (Lipinski definition) is 5. The van der Waals surface area contributed by atoms with Gasteiger partial charge in [0, 0.05) is 5.75 Å². The number of ether oxygens (including phenoxy) is 3. The zero-order chi connectivity index (χ0) is 32.4. The lowest BCUT2D eigenvalue weighted by atomic mass is 9.93. The Bertz CT molecular complexity index is 1450. The van der Waals surface area contributed by atoms with Crippen LogP contribution in [0.3, 0.4) is 0 Å². The molecule has 0 radical (unpaired) electrons. The molecule has 0 saturated carbocycles. The van der Waals surface area contributed by atoms with Gasteiger partial charge in [0.05, 0.1) is 25.6 Å². The molecule has 2 aromatic rings. The standard InChI is InChI=1S/C24H36FN8O9PS/c1-6-24(25)16(34)14(42-21(24)33-10-27-15-17(33)29-22(26)31-19(15)39-7-2)8-40-43(38,32-12(5)20(36)41-11(3)4)44-9-13-18(35)30-23(37)28-13/h10-14,16,21,34H,6-9H2,1-5H3,(H,32,38)(H2,26,29,31)(H2,28,30,35,37)/t12-,13?,14?,16-,21?,24-,43?/m1/s1. The van der Waals surface area contributed by atoms with Gasteiger partial charge in [-0.25, -0.2) is 19.3 Å². The summed E-state index contributed by atoms with van der Waals surface area (Å²) in [6.45, 7) is 3.52. The van der Waals surface area contributed by atoms with E-state index < -0.39 is 73.5 Å². The van der Waals surface area contributed by atoms with Crippen molar-refractivity contribution in [3.05, 3.63) is 6.33 Å². The minimum absolute atomic E-state index is 0.0921. The Morgan fingerprint density at radius 3 is 2.68 bits per heavy atom. The van der Waals surface area contributed by atoms with Crippen LogP contribution in [0, 0.1) is 0 Å². The molecule has 2 saturated heterocycles. The van der Waals surface area contributed by atoms with E-state index in [4.69, 9.17) is 24.5 Å². The molecule has 0 spiro atoms. The predicted molar refractivity (Wildman–Crippen MR) is 155 cm³/mol. The summed E-state index contributed by atoms with van der Waals surface area (Å²) in [5, 5.41) is 18.1. The van der Waals surface area contributed by atoms with E-state index in [1.54, 1.807) is 20.8 Å². The van der Waals surface area contributed by atoms with E-state index in [0.717, 1.165) is 0 Å². The fourth-order valence-corrected chi connectivity index (χ4v) is 8.46. The number of fused-ring (bicyclic) bond motifs is 1. The highest BCUT2D eigenvalue weighted by molar-refractivity contribution is 8.56. The van der Waals surface area contributed by atoms with E-state index in [9.17, 15) is 24.1 Å². The number of imidazole rings is 1. The molecule has 244 valence electrons. The van der Waals surface area contributed by atoms with Gasteiger partial charge in [-0.15, -0.1) is 0 Å². The van der Waals surface area contributed by atoms with Crippen molar-refractivity contribution in [2.24, 2.45) is 0 Å². The van der Waals surface area contributed by atoms with Crippen molar-refractivity contribution < 1.29 is 47.2 Å². The number of nitrogens with two attached hydrogens (primary N) is 1. The molecule has 2 aromatic heterocycles. The second kappa shape index (κ2) is 13.5. The van der Waals surface area contributed by atoms with Gasteiger partial charge in [-0.2, -0.15) is 9.97 Å². The minimum atomic E-state index is -4.09. The number of aliphatic hydroxyl groups excluding tert-OH is 1. The number of imide groups is 1. The number of esters is 1. The molecule has 2 fully saturated rings. The maximum Gasteiger partial charge on any atom is 0.327 e. The van der Waals surface area contributed by atoms with Gasteiger partial charge in [0.15, 0.2) is 23.1 Å². The van der Waals surface area contributed by atoms with E-state index >= 15 is 4.39 Å². The van der Waals surface area contributed by atoms with Crippen molar-refractivity contribution in [2.75, 3.05) is 24.7 Å². The highest BCUT2D eigenvalue weighted by Crippen LogP contribution is 2.57. The van der Waals surface area contributed by atoms with Gasteiger partial charge in [0.2, 0.25) is 11.8 Å². The number of nitrogens with one attached hydrogen (secondary N) is 3. The highest BCUT2D eigenvalue weighted by Gasteiger charge is 2.58. The van der Waals surface area contributed by atoms with Crippen LogP contribution in [-0.2, 0) is 28.2 Å². The summed E-state index contributed by atoms with van der Waals surface area (Å²) in [5.41, 5.74) is 3.77. The summed E-state index contributed by atoms with van der Waals surface area (Å²) >= 11 is 0.638. The van der Waals surface area contributed by atoms with Crippen LogP contribution in [0.25, 0.3) is 11.2 Å². The smallest absolute Gasteiger partial charge is 0.327 e. The van der Waals surface area contributed by atoms with Gasteiger partial charge < -0.3 is 34.9 Å². The van der Waals surface area contributed by atoms with Gasteiger partial charge in [-0.3, -0.25) is 24.0 Å². The van der Waals surface area contributed by atoms with Gasteiger partial charge in [-0.05, 0) is 34.1 Å². The van der Waals surface area contributed by atoms with Crippen LogP contribution in [0.2, 0.25) is 0 Å². The van der Waals surface area contributed by atoms with Crippen LogP contribution in [0.1, 0.15) is 47.3 Å². The van der Waals surface area contributed by atoms with Gasteiger partial charge >= 0.3 is 18.7 Å². The van der Waals surface area contributed by atoms with Crippen LogP contribution >= 0.6 is 18.1 Å². The number of aromatic nitrogens is 4. The van der Waals surface area contributed by atoms with Gasteiger partial charge in [0.25, 0.3) is 5.91 Å². The zero-order valence-electron chi connectivity index (χ0n) is 24.7. The Labute approximate surface area is 255 Å². The average molecular weight is 663 g/mol. The molecule has 2 aliphatic heterocycles. The Morgan fingerprint density at radius 2 is 2.07 bits per heavy atom. The number of rotatable bonds is 14. The molecule has 4 unspecified atom stereocenters. The Hall–Kier alpha value is -3.09. The Balaban J connectivity index is 1.56. The summed E-state index contributed by atoms with van der Waals surface area (Å²) in [6, 6.07) is -2.85. The Kier molecular flexibility index (Phi) is 10.4. The first kappa shape index (κ1) is 33.8. The number of alkyl halides is 1. The molecule has 4 heterocycles. The number of carbonyl (C=O) groups excluding carboxylic acids is 3. The molecule has 20 heteroatoms. The molecule has 2 aliphatic rings. The summed E-state index contributed by atoms with van der Waals surface area (Å²) in [7, 11) is 0. The van der Waals surface area contributed by atoms with Crippen LogP contribution < -0.4 is 26.2 Å². The SMILES string of the molecule is CCOc1nc(N)nc2c1ncn2C1OC(COP(=O)(N[C@H](C)C(=O)OC(C)C)SCC2NC(=O)NC2=O)[C@@H](O)[C@]1(F)CC. The third-order valence-corrected chi connectivity index (χ3v) is 10.9. The van der Waals surface area contributed by atoms with Crippen molar-refractivity contribution in [3.63, 3.8) is 0 Å². The lowest BCUT2D eigenvalue weighted by molar-refractivity contribution is -0.149. The van der Waals surface area contributed by atoms with E-state index in [1.807, 2.05) is 0 Å². The lowest BCUT2D eigenvalue weighted by Gasteiger charge is -2.28. The summed E-state index contributed by atoms with van der Waals surface area (Å²) in [4.78, 5) is 48.4. The van der Waals surface area contributed by atoms with E-state index in [-0.39, 0.29) is 41.8 Å². The molecule has 4 rings (SSSR count). The Morgan fingerprint density at radius 1 is 1.34 bits per heavy atom. The molecular formula is C24H36FN8O9PS. The predicted octanol–water partition coefficient (Wildman–Crippen LogP) is 1.18. The number of carbonyl (C=O) groups is 3. The first-order valence-corrected chi connectivity index (χ1v) is 17.1. The molecule has 6 N–H and O–H groups in total. The van der Waals surface area contributed by atoms with Crippen molar-refractivity contribution in [1.82, 2.24) is 35.2 Å². The summed E-state index contributed by atoms with van der Waals surface area (Å²) in [5.74, 6) is -1.61. The van der Waals surface area contributed by atoms with E-state index in [2.05, 4.69) is 30.7 Å². The lowest BCUT2D eigenvalue weighted by Crippen LogP contribution is -2.43. The third kappa shape index (κ3) is 7.07. The fraction of sp³-hybridized carbons (Fsp3) is 0.667. The number of anilines is 1. The number of hydrogen-bond acceptors (Lipinski definition) is 14. The zero-order valence-corrected chi connectivity index (χ0v) is 26.4. The molecule has 17 nitrogen and oxygen atoms in total. The van der Waals surface area contributed by atoms with Crippen LogP contribution in [0.4, 0.5) is 15.1 Å². The van der Waals surface area contributed by atoms with Crippen LogP contribution in [0.5, 0.6) is 5.88 Å². The molecule has 0 bridgehead atoms. The average Bonchev–Trinajstić information content (AvgIpc) is 3.59. The highest BCUT2D eigenvalue weighted by atomic mass is 32.7. The maximum absolute atomic E-state index is 16.5. The monoisotopic (exact) mass is 662 g/mol. The minimum Gasteiger partial charge on any atom is -0.476 e. The normalized spacial score (nSPS) is 27.3. The van der Waals surface area contributed by atoms with E-state index in [0.29, 0.717) is 11.4 Å². The van der Waals surface area contributed by atoms with E-state index in [1.165, 1.54) is 24.7 Å². The molecule has 3 amide bonds. The molecule has 7 atom stereocenters. The molecule has 0 aromatic carbocycles. The van der Waals surface area contributed by atoms with Crippen molar-refractivity contribution >= 4 is 53.1 Å². The quantitative estimate of drug-likeness (QED) is 0.109. The topological polar surface area (TPSA) is 231 Å². The number of urea groups is 1. The summed E-state index contributed by atoms with van der Waals surface area (Å²) in [6.07, 6.45) is -3.96. The molecule has 0 aliphatic carbocycles. The van der Waals surface area contributed by atoms with Gasteiger partial charge in [-0.1, -0.05) is 18.3 Å². The molecule has 44 heavy (non-hydrogen) atoms. The van der Waals surface area contributed by atoms with Crippen LogP contribution in [-0.4, -0.2) is 97.6 Å². The summed E-state index contributed by atoms with van der Waals surface area (Å²) < 4.78 is 54.0. The number of nitrogen functional groups attached to an aromatic ring is 1. The maximum atomic E-state index is 16.5. The fourth-order valence-electron chi connectivity index (χ4n) is 4.59. The second-order valence-electron chi connectivity index (χ2n) is 10.3. The van der Waals surface area contributed by atoms with Crippen molar-refractivity contribution in [2.45, 2.75) is 83.3 Å².